The number of amidine groups is 1. The van der Waals surface area contributed by atoms with Gasteiger partial charge in [0.25, 0.3) is 5.91 Å². The van der Waals surface area contributed by atoms with Crippen LogP contribution in [-0.4, -0.2) is 81.5 Å². The standard InChI is InChI=1S/C31H33ClF3N9O3/c32-22-8-6-21(7-9-22)30(12-13-30)42-28-39-27(40-29(41-28)47-18-31(33,34)35)37-23-10-4-20(5-11-23)25(45)44-16-14-43(15-17-44)24(38-26(36)46)19-2-1-3-19/h4-11,19H,1-3,12-18H2,(H2,36,46)(H2,37,39,40,41,42). The molecule has 3 aliphatic rings. The number of primary amides is 1. The maximum absolute atomic E-state index is 13.3. The summed E-state index contributed by atoms with van der Waals surface area (Å²) in [5, 5.41) is 6.79. The van der Waals surface area contributed by atoms with Gasteiger partial charge in [-0.2, -0.15) is 33.1 Å². The van der Waals surface area contributed by atoms with Crippen molar-refractivity contribution in [3.8, 4) is 6.01 Å². The lowest BCUT2D eigenvalue weighted by Gasteiger charge is -2.40. The highest BCUT2D eigenvalue weighted by molar-refractivity contribution is 6.30. The molecule has 47 heavy (non-hydrogen) atoms. The Kier molecular flexibility index (Phi) is 9.08. The summed E-state index contributed by atoms with van der Waals surface area (Å²) in [6.07, 6.45) is -0.0287. The minimum Gasteiger partial charge on any atom is -0.454 e. The van der Waals surface area contributed by atoms with Gasteiger partial charge in [-0.25, -0.2) is 4.79 Å². The van der Waals surface area contributed by atoms with Gasteiger partial charge in [-0.15, -0.1) is 0 Å². The van der Waals surface area contributed by atoms with Gasteiger partial charge in [-0.05, 0) is 67.6 Å². The van der Waals surface area contributed by atoms with E-state index in [-0.39, 0.29) is 23.7 Å². The molecule has 1 aromatic heterocycles. The van der Waals surface area contributed by atoms with Crippen molar-refractivity contribution >= 4 is 47.0 Å². The minimum atomic E-state index is -4.58. The number of aliphatic imine (C=N–C) groups is 1. The first-order valence-corrected chi connectivity index (χ1v) is 15.6. The number of hydrogen-bond acceptors (Lipinski definition) is 8. The summed E-state index contributed by atoms with van der Waals surface area (Å²) in [6.45, 7) is 0.442. The van der Waals surface area contributed by atoms with Gasteiger partial charge in [0.05, 0.1) is 5.54 Å². The van der Waals surface area contributed by atoms with Crippen molar-refractivity contribution in [2.75, 3.05) is 43.4 Å². The number of amides is 3. The third-order valence-corrected chi connectivity index (χ3v) is 8.70. The fourth-order valence-electron chi connectivity index (χ4n) is 5.62. The molecule has 16 heteroatoms. The van der Waals surface area contributed by atoms with Gasteiger partial charge in [-0.1, -0.05) is 30.2 Å². The third kappa shape index (κ3) is 8.02. The lowest BCUT2D eigenvalue weighted by Crippen LogP contribution is -2.53. The average molecular weight is 672 g/mol. The number of rotatable bonds is 9. The Balaban J connectivity index is 1.12. The van der Waals surface area contributed by atoms with Crippen molar-refractivity contribution in [1.29, 1.82) is 0 Å². The number of alkyl halides is 3. The molecule has 6 rings (SSSR count). The molecule has 0 bridgehead atoms. The number of nitrogens with two attached hydrogens (primary N) is 1. The summed E-state index contributed by atoms with van der Waals surface area (Å²) in [5.41, 5.74) is 6.74. The second-order valence-electron chi connectivity index (χ2n) is 11.8. The van der Waals surface area contributed by atoms with Gasteiger partial charge in [-0.3, -0.25) is 4.79 Å². The van der Waals surface area contributed by atoms with E-state index in [2.05, 4.69) is 30.6 Å². The van der Waals surface area contributed by atoms with Crippen LogP contribution in [0.25, 0.3) is 0 Å². The first-order valence-electron chi connectivity index (χ1n) is 15.3. The first-order chi connectivity index (χ1) is 22.5. The van der Waals surface area contributed by atoms with Crippen LogP contribution in [-0.2, 0) is 5.54 Å². The summed E-state index contributed by atoms with van der Waals surface area (Å²) in [4.78, 5) is 45.1. The molecule has 3 aromatic rings. The monoisotopic (exact) mass is 671 g/mol. The van der Waals surface area contributed by atoms with Crippen molar-refractivity contribution in [3.05, 3.63) is 64.7 Å². The average Bonchev–Trinajstić information content (AvgIpc) is 3.79. The van der Waals surface area contributed by atoms with Crippen LogP contribution < -0.4 is 21.1 Å². The van der Waals surface area contributed by atoms with Gasteiger partial charge >= 0.3 is 18.2 Å². The molecular formula is C31H33ClF3N9O3. The third-order valence-electron chi connectivity index (χ3n) is 8.45. The predicted octanol–water partition coefficient (Wildman–Crippen LogP) is 5.35. The summed E-state index contributed by atoms with van der Waals surface area (Å²) >= 11 is 6.03. The van der Waals surface area contributed by atoms with Crippen molar-refractivity contribution in [3.63, 3.8) is 0 Å². The van der Waals surface area contributed by atoms with Gasteiger partial charge < -0.3 is 30.9 Å². The van der Waals surface area contributed by atoms with Gasteiger partial charge in [0.15, 0.2) is 6.61 Å². The van der Waals surface area contributed by atoms with Crippen LogP contribution in [0.1, 0.15) is 48.0 Å². The van der Waals surface area contributed by atoms with Crippen molar-refractivity contribution in [2.24, 2.45) is 16.6 Å². The number of aromatic nitrogens is 3. The SMILES string of the molecule is NC(=O)N=C(C1CCC1)N1CCN(C(=O)c2ccc(Nc3nc(NC4(c5ccc(Cl)cc5)CC4)nc(OCC(F)(F)F)n3)cc2)CC1. The number of urea groups is 1. The van der Waals surface area contributed by atoms with E-state index in [9.17, 15) is 22.8 Å². The predicted molar refractivity (Wildman–Crippen MR) is 169 cm³/mol. The Morgan fingerprint density at radius 1 is 0.957 bits per heavy atom. The number of halogens is 4. The molecule has 0 radical (unpaired) electrons. The Labute approximate surface area is 273 Å². The van der Waals surface area contributed by atoms with E-state index in [1.54, 1.807) is 41.3 Å². The summed E-state index contributed by atoms with van der Waals surface area (Å²) < 4.78 is 43.6. The van der Waals surface area contributed by atoms with Crippen LogP contribution in [0.3, 0.4) is 0 Å². The number of carbonyl (C=O) groups is 2. The topological polar surface area (TPSA) is 151 Å². The number of anilines is 3. The van der Waals surface area contributed by atoms with E-state index in [0.29, 0.717) is 48.3 Å². The van der Waals surface area contributed by atoms with E-state index in [0.717, 1.165) is 37.7 Å². The number of piperazine rings is 1. The molecule has 2 saturated carbocycles. The summed E-state index contributed by atoms with van der Waals surface area (Å²) in [7, 11) is 0. The smallest absolute Gasteiger partial charge is 0.422 e. The number of carbonyl (C=O) groups excluding carboxylic acids is 2. The molecule has 2 aliphatic carbocycles. The van der Waals surface area contributed by atoms with Crippen molar-refractivity contribution < 1.29 is 27.5 Å². The lowest BCUT2D eigenvalue weighted by atomic mass is 9.83. The van der Waals surface area contributed by atoms with Crippen LogP contribution in [0.2, 0.25) is 5.02 Å². The molecule has 0 atom stereocenters. The lowest BCUT2D eigenvalue weighted by molar-refractivity contribution is -0.154. The van der Waals surface area contributed by atoms with Crippen molar-refractivity contribution in [1.82, 2.24) is 24.8 Å². The Morgan fingerprint density at radius 3 is 2.17 bits per heavy atom. The fraction of sp³-hybridized carbons (Fsp3) is 0.419. The number of nitrogens with one attached hydrogen (secondary N) is 2. The highest BCUT2D eigenvalue weighted by Crippen LogP contribution is 2.48. The zero-order valence-electron chi connectivity index (χ0n) is 25.3. The molecule has 3 amide bonds. The number of nitrogens with zero attached hydrogens (tertiary/aromatic N) is 6. The van der Waals surface area contributed by atoms with Crippen LogP contribution in [0.15, 0.2) is 53.5 Å². The molecule has 2 heterocycles. The minimum absolute atomic E-state index is 0.0401. The van der Waals surface area contributed by atoms with Crippen LogP contribution >= 0.6 is 11.6 Å². The molecule has 4 N–H and O–H groups in total. The zero-order chi connectivity index (χ0) is 33.2. The largest absolute Gasteiger partial charge is 0.454 e. The molecule has 12 nitrogen and oxygen atoms in total. The van der Waals surface area contributed by atoms with Gasteiger partial charge in [0.2, 0.25) is 11.9 Å². The van der Waals surface area contributed by atoms with E-state index >= 15 is 0 Å². The van der Waals surface area contributed by atoms with Gasteiger partial charge in [0.1, 0.15) is 5.84 Å². The summed E-state index contributed by atoms with van der Waals surface area (Å²) in [6, 6.07) is 12.7. The first kappa shape index (κ1) is 32.3. The number of benzene rings is 2. The summed E-state index contributed by atoms with van der Waals surface area (Å²) in [5.74, 6) is 0.791. The highest BCUT2D eigenvalue weighted by atomic mass is 35.5. The molecule has 0 unspecified atom stereocenters. The quantitative estimate of drug-likeness (QED) is 0.202. The molecule has 2 aromatic carbocycles. The zero-order valence-corrected chi connectivity index (χ0v) is 26.0. The van der Waals surface area contributed by atoms with E-state index in [1.165, 1.54) is 0 Å². The van der Waals surface area contributed by atoms with Crippen LogP contribution in [0, 0.1) is 5.92 Å². The van der Waals surface area contributed by atoms with Crippen molar-refractivity contribution in [2.45, 2.75) is 43.8 Å². The van der Waals surface area contributed by atoms with E-state index in [4.69, 9.17) is 22.1 Å². The maximum Gasteiger partial charge on any atom is 0.422 e. The Hall–Kier alpha value is -4.66. The molecule has 1 saturated heterocycles. The molecular weight excluding hydrogens is 639 g/mol. The Bertz CT molecular complexity index is 1640. The van der Waals surface area contributed by atoms with Crippen LogP contribution in [0.5, 0.6) is 6.01 Å². The molecule has 248 valence electrons. The highest BCUT2D eigenvalue weighted by Gasteiger charge is 2.45. The fourth-order valence-corrected chi connectivity index (χ4v) is 5.75. The van der Waals surface area contributed by atoms with Gasteiger partial charge in [0, 0.05) is 48.4 Å². The molecule has 1 aliphatic heterocycles. The molecule has 0 spiro atoms. The van der Waals surface area contributed by atoms with Crippen LogP contribution in [0.4, 0.5) is 35.5 Å². The molecule has 3 fully saturated rings. The normalized spacial score (nSPS) is 17.9. The van der Waals surface area contributed by atoms with E-state index in [1.807, 2.05) is 17.0 Å². The second-order valence-corrected chi connectivity index (χ2v) is 12.2. The van der Waals surface area contributed by atoms with E-state index < -0.39 is 30.4 Å². The maximum atomic E-state index is 13.3. The second kappa shape index (κ2) is 13.2. The Morgan fingerprint density at radius 2 is 1.60 bits per heavy atom. The number of ether oxygens (including phenoxy) is 1. The number of hydrogen-bond donors (Lipinski definition) is 3.